The highest BCUT2D eigenvalue weighted by Gasteiger charge is 2.12. The Morgan fingerprint density at radius 1 is 1.18 bits per heavy atom. The lowest BCUT2D eigenvalue weighted by Crippen LogP contribution is -2.22. The van der Waals surface area contributed by atoms with Crippen LogP contribution in [0.15, 0.2) is 53.7 Å². The highest BCUT2D eigenvalue weighted by Crippen LogP contribution is 2.23. The molecule has 0 aliphatic heterocycles. The molecule has 0 radical (unpaired) electrons. The molecule has 0 unspecified atom stereocenters. The molecular weight excluding hydrogens is 450 g/mol. The first-order chi connectivity index (χ1) is 16.3. The van der Waals surface area contributed by atoms with Gasteiger partial charge in [0.1, 0.15) is 23.8 Å². The van der Waals surface area contributed by atoms with Crippen LogP contribution in [0.5, 0.6) is 11.5 Å². The summed E-state index contributed by atoms with van der Waals surface area (Å²) in [6.07, 6.45) is 5.94. The summed E-state index contributed by atoms with van der Waals surface area (Å²) in [5, 5.41) is 15.5. The van der Waals surface area contributed by atoms with Crippen molar-refractivity contribution in [2.45, 2.75) is 32.3 Å². The summed E-state index contributed by atoms with van der Waals surface area (Å²) >= 11 is 0. The van der Waals surface area contributed by atoms with E-state index in [4.69, 9.17) is 19.6 Å². The Morgan fingerprint density at radius 3 is 2.71 bits per heavy atom. The van der Waals surface area contributed by atoms with Gasteiger partial charge < -0.3 is 24.9 Å². The van der Waals surface area contributed by atoms with E-state index in [1.54, 1.807) is 25.5 Å². The third-order valence-electron chi connectivity index (χ3n) is 4.89. The highest BCUT2D eigenvalue weighted by atomic mass is 28.3. The molecule has 3 rings (SSSR count). The van der Waals surface area contributed by atoms with E-state index < -0.39 is 8.07 Å². The molecule has 9 nitrogen and oxygen atoms in total. The van der Waals surface area contributed by atoms with Crippen LogP contribution in [0.4, 0.5) is 0 Å². The van der Waals surface area contributed by atoms with Crippen molar-refractivity contribution < 1.29 is 14.2 Å². The van der Waals surface area contributed by atoms with Crippen molar-refractivity contribution >= 4 is 30.9 Å². The van der Waals surface area contributed by atoms with Gasteiger partial charge in [0.2, 0.25) is 5.43 Å². The lowest BCUT2D eigenvalue weighted by atomic mass is 10.2. The SMILES string of the molecule is CN/C=C(\C=N)n1ccc(=O)c(COc2ccc3ncc(OCOCC[Si](C)(C)C)cc3c2)n1. The van der Waals surface area contributed by atoms with E-state index >= 15 is 0 Å². The van der Waals surface area contributed by atoms with Crippen LogP contribution in [0.1, 0.15) is 5.69 Å². The quantitative estimate of drug-likeness (QED) is 0.175. The number of hydrogen-bond acceptors (Lipinski definition) is 8. The largest absolute Gasteiger partial charge is 0.487 e. The number of hydrogen-bond donors (Lipinski definition) is 2. The van der Waals surface area contributed by atoms with E-state index in [0.717, 1.165) is 23.2 Å². The summed E-state index contributed by atoms with van der Waals surface area (Å²) in [7, 11) is 0.597. The summed E-state index contributed by atoms with van der Waals surface area (Å²) in [5.41, 5.74) is 1.28. The maximum Gasteiger partial charge on any atom is 0.206 e. The minimum absolute atomic E-state index is 0.00936. The Kier molecular flexibility index (Phi) is 8.55. The normalized spacial score (nSPS) is 11.9. The minimum atomic E-state index is -1.13. The van der Waals surface area contributed by atoms with Crippen molar-refractivity contribution in [1.29, 1.82) is 5.41 Å². The first-order valence-corrected chi connectivity index (χ1v) is 14.7. The zero-order valence-electron chi connectivity index (χ0n) is 20.0. The fraction of sp³-hybridized carbons (Fsp3) is 0.333. The molecule has 34 heavy (non-hydrogen) atoms. The van der Waals surface area contributed by atoms with E-state index in [1.165, 1.54) is 16.9 Å². The van der Waals surface area contributed by atoms with Crippen LogP contribution < -0.4 is 20.2 Å². The first kappa shape index (κ1) is 25.1. The molecular formula is C24H31N5O4Si. The van der Waals surface area contributed by atoms with Crippen molar-refractivity contribution in [3.8, 4) is 11.5 Å². The number of fused-ring (bicyclic) bond motifs is 1. The Balaban J connectivity index is 1.66. The van der Waals surface area contributed by atoms with Gasteiger partial charge in [-0.2, -0.15) is 5.10 Å². The minimum Gasteiger partial charge on any atom is -0.487 e. The van der Waals surface area contributed by atoms with Gasteiger partial charge in [-0.3, -0.25) is 9.78 Å². The van der Waals surface area contributed by atoms with E-state index in [1.807, 2.05) is 18.2 Å². The van der Waals surface area contributed by atoms with Crippen molar-refractivity contribution in [2.75, 3.05) is 20.4 Å². The maximum absolute atomic E-state index is 12.2. The Hall–Kier alpha value is -3.50. The van der Waals surface area contributed by atoms with Crippen LogP contribution in [-0.2, 0) is 11.3 Å². The van der Waals surface area contributed by atoms with E-state index in [0.29, 0.717) is 23.8 Å². The molecule has 180 valence electrons. The van der Waals surface area contributed by atoms with Crippen molar-refractivity contribution in [1.82, 2.24) is 20.1 Å². The van der Waals surface area contributed by atoms with Crippen molar-refractivity contribution in [2.24, 2.45) is 0 Å². The van der Waals surface area contributed by atoms with Crippen LogP contribution in [0.3, 0.4) is 0 Å². The molecule has 2 N–H and O–H groups in total. The topological polar surface area (TPSA) is 111 Å². The molecule has 1 aromatic carbocycles. The van der Waals surface area contributed by atoms with Crippen molar-refractivity contribution in [3.63, 3.8) is 0 Å². The number of nitrogens with one attached hydrogen (secondary N) is 2. The third kappa shape index (κ3) is 7.25. The number of aromatic nitrogens is 3. The van der Waals surface area contributed by atoms with Gasteiger partial charge in [-0.05, 0) is 30.3 Å². The molecule has 0 saturated heterocycles. The Morgan fingerprint density at radius 2 is 1.97 bits per heavy atom. The predicted octanol–water partition coefficient (Wildman–Crippen LogP) is 3.73. The Labute approximate surface area is 199 Å². The van der Waals surface area contributed by atoms with Crippen LogP contribution in [0, 0.1) is 5.41 Å². The van der Waals surface area contributed by atoms with E-state index in [9.17, 15) is 4.79 Å². The van der Waals surface area contributed by atoms with Crippen LogP contribution >= 0.6 is 0 Å². The Bertz CT molecular complexity index is 1220. The number of allylic oxidation sites excluding steroid dienone is 1. The lowest BCUT2D eigenvalue weighted by molar-refractivity contribution is 0.0219. The second kappa shape index (κ2) is 11.6. The molecule has 0 spiro atoms. The van der Waals surface area contributed by atoms with Gasteiger partial charge in [-0.15, -0.1) is 0 Å². The number of pyridine rings is 1. The third-order valence-corrected chi connectivity index (χ3v) is 6.60. The fourth-order valence-corrected chi connectivity index (χ4v) is 3.73. The van der Waals surface area contributed by atoms with E-state index in [2.05, 4.69) is 35.0 Å². The average Bonchev–Trinajstić information content (AvgIpc) is 2.81. The van der Waals surface area contributed by atoms with Gasteiger partial charge in [0.05, 0.1) is 17.4 Å². The molecule has 3 aromatic rings. The number of benzene rings is 1. The summed E-state index contributed by atoms with van der Waals surface area (Å²) in [6.45, 7) is 7.78. The van der Waals surface area contributed by atoms with E-state index in [-0.39, 0.29) is 24.5 Å². The average molecular weight is 482 g/mol. The lowest BCUT2D eigenvalue weighted by Gasteiger charge is -2.15. The van der Waals surface area contributed by atoms with Crippen molar-refractivity contribution in [3.05, 3.63) is 64.8 Å². The second-order valence-electron chi connectivity index (χ2n) is 8.87. The smallest absolute Gasteiger partial charge is 0.206 e. The number of nitrogens with zero attached hydrogens (tertiary/aromatic N) is 3. The van der Waals surface area contributed by atoms with Gasteiger partial charge in [0, 0.05) is 51.8 Å². The maximum atomic E-state index is 12.2. The molecule has 0 fully saturated rings. The molecule has 0 amide bonds. The summed E-state index contributed by atoms with van der Waals surface area (Å²) < 4.78 is 18.6. The zero-order chi connectivity index (χ0) is 24.6. The number of rotatable bonds is 12. The van der Waals surface area contributed by atoms with Crippen LogP contribution in [-0.4, -0.2) is 49.5 Å². The molecule has 0 saturated carbocycles. The van der Waals surface area contributed by atoms with Gasteiger partial charge in [-0.25, -0.2) is 4.68 Å². The standard InChI is InChI=1S/C24H31N5O4Si/c1-26-14-19(13-25)29-8-7-24(30)23(28-29)16-32-20-5-6-22-18(11-20)12-21(15-27-22)33-17-31-9-10-34(2,3)4/h5-8,11-15,25-26H,9-10,16-17H2,1-4H3/b19-14+,25-13?. The monoisotopic (exact) mass is 481 g/mol. The molecule has 0 aliphatic carbocycles. The molecule has 0 atom stereocenters. The summed E-state index contributed by atoms with van der Waals surface area (Å²) in [4.78, 5) is 16.7. The molecule has 10 heteroatoms. The summed E-state index contributed by atoms with van der Waals surface area (Å²) in [5.74, 6) is 1.19. The van der Waals surface area contributed by atoms with Gasteiger partial charge >= 0.3 is 0 Å². The van der Waals surface area contributed by atoms with Gasteiger partial charge in [-0.1, -0.05) is 19.6 Å². The second-order valence-corrected chi connectivity index (χ2v) is 14.5. The van der Waals surface area contributed by atoms with Crippen LogP contribution in [0.25, 0.3) is 16.6 Å². The van der Waals surface area contributed by atoms with Gasteiger partial charge in [0.15, 0.2) is 6.79 Å². The first-order valence-electron chi connectivity index (χ1n) is 11.0. The summed E-state index contributed by atoms with van der Waals surface area (Å²) in [6, 6.07) is 9.84. The molecule has 2 heterocycles. The van der Waals surface area contributed by atoms with Gasteiger partial charge in [0.25, 0.3) is 0 Å². The van der Waals surface area contributed by atoms with Crippen LogP contribution in [0.2, 0.25) is 25.7 Å². The predicted molar refractivity (Wildman–Crippen MR) is 136 cm³/mol. The number of ether oxygens (including phenoxy) is 3. The molecule has 2 aromatic heterocycles. The zero-order valence-corrected chi connectivity index (χ0v) is 21.0. The molecule has 0 bridgehead atoms. The fourth-order valence-electron chi connectivity index (χ4n) is 2.97. The molecule has 0 aliphatic rings. The highest BCUT2D eigenvalue weighted by molar-refractivity contribution is 6.76.